The van der Waals surface area contributed by atoms with Crippen molar-refractivity contribution in [2.75, 3.05) is 26.0 Å². The van der Waals surface area contributed by atoms with E-state index < -0.39 is 0 Å². The molecule has 1 heterocycles. The maximum atomic E-state index is 4.92. The molecule has 0 saturated carbocycles. The summed E-state index contributed by atoms with van der Waals surface area (Å²) < 4.78 is 0.708. The molecule has 0 saturated heterocycles. The van der Waals surface area contributed by atoms with Crippen LogP contribution in [0.3, 0.4) is 0 Å². The molecule has 1 aromatic heterocycles. The number of likely N-dealkylation sites (N-methyl/N-ethyl adjacent to an activating group) is 1. The van der Waals surface area contributed by atoms with E-state index in [1.807, 2.05) is 14.1 Å². The summed E-state index contributed by atoms with van der Waals surface area (Å²) >= 11 is 6.39. The fourth-order valence-electron chi connectivity index (χ4n) is 1.10. The molecule has 1 unspecified atom stereocenters. The van der Waals surface area contributed by atoms with Crippen molar-refractivity contribution in [1.82, 2.24) is 15.1 Å². The third kappa shape index (κ3) is 3.84. The second kappa shape index (κ2) is 4.69. The molecule has 0 radical (unpaired) electrons. The third-order valence-electron chi connectivity index (χ3n) is 1.45. The molecule has 0 amide bonds. The van der Waals surface area contributed by atoms with Crippen molar-refractivity contribution in [1.29, 1.82) is 0 Å². The average Bonchev–Trinajstić information content (AvgIpc) is 2.33. The topological polar surface area (TPSA) is 44.0 Å². The largest absolute Gasteiger partial charge is 0.356 e. The van der Waals surface area contributed by atoms with Crippen molar-refractivity contribution in [3.8, 4) is 0 Å². The minimum atomic E-state index is 0.379. The Morgan fingerprint density at radius 3 is 2.85 bits per heavy atom. The molecule has 0 bridgehead atoms. The number of hydrogen-bond donors (Lipinski definition) is 2. The smallest absolute Gasteiger partial charge is 0.204 e. The van der Waals surface area contributed by atoms with E-state index in [1.54, 1.807) is 0 Å². The lowest BCUT2D eigenvalue weighted by atomic mass is 10.3. The lowest BCUT2D eigenvalue weighted by Gasteiger charge is -2.17. The zero-order valence-electron chi connectivity index (χ0n) is 8.00. The van der Waals surface area contributed by atoms with Crippen LogP contribution in [0.2, 0.25) is 0 Å². The number of hydrogen-bond acceptors (Lipinski definition) is 5. The van der Waals surface area contributed by atoms with E-state index in [4.69, 9.17) is 12.2 Å². The van der Waals surface area contributed by atoms with E-state index in [1.165, 1.54) is 11.3 Å². The normalized spacial score (nSPS) is 13.2. The monoisotopic (exact) mass is 218 g/mol. The molecule has 0 aliphatic carbocycles. The predicted molar refractivity (Wildman–Crippen MR) is 58.9 cm³/mol. The van der Waals surface area contributed by atoms with Gasteiger partial charge in [0, 0.05) is 12.6 Å². The molecule has 1 atom stereocenters. The Hall–Kier alpha value is -0.460. The first-order valence-corrected chi connectivity index (χ1v) is 5.27. The highest BCUT2D eigenvalue weighted by molar-refractivity contribution is 7.73. The highest BCUT2D eigenvalue weighted by Gasteiger charge is 2.04. The van der Waals surface area contributed by atoms with Crippen LogP contribution in [0.4, 0.5) is 5.13 Å². The van der Waals surface area contributed by atoms with Gasteiger partial charge in [-0.2, -0.15) is 0 Å². The second-order valence-electron chi connectivity index (χ2n) is 3.23. The Kier molecular flexibility index (Phi) is 3.83. The molecular formula is C7H14N4S2. The SMILES string of the molecule is CC(CN(C)C)Nc1n[nH]c(=S)s1. The number of anilines is 1. The van der Waals surface area contributed by atoms with E-state index in [0.29, 0.717) is 10.00 Å². The standard InChI is InChI=1S/C7H14N4S2/c1-5(4-11(2)3)8-6-9-10-7(12)13-6/h5H,4H2,1-3H3,(H,8,9)(H,10,12). The predicted octanol–water partition coefficient (Wildman–Crippen LogP) is 1.56. The molecule has 1 rings (SSSR count). The molecule has 2 N–H and O–H groups in total. The summed E-state index contributed by atoms with van der Waals surface area (Å²) in [5, 5.41) is 10.9. The van der Waals surface area contributed by atoms with E-state index in [2.05, 4.69) is 27.3 Å². The van der Waals surface area contributed by atoms with Crippen LogP contribution < -0.4 is 5.32 Å². The lowest BCUT2D eigenvalue weighted by molar-refractivity contribution is 0.392. The van der Waals surface area contributed by atoms with Crippen LogP contribution in [0.5, 0.6) is 0 Å². The first-order valence-electron chi connectivity index (χ1n) is 4.04. The van der Waals surface area contributed by atoms with Gasteiger partial charge in [0.15, 0.2) is 3.95 Å². The summed E-state index contributed by atoms with van der Waals surface area (Å²) in [6.45, 7) is 3.09. The van der Waals surface area contributed by atoms with Crippen molar-refractivity contribution >= 4 is 28.7 Å². The van der Waals surface area contributed by atoms with Crippen LogP contribution in [-0.2, 0) is 0 Å². The summed E-state index contributed by atoms with van der Waals surface area (Å²) in [6, 6.07) is 0.379. The van der Waals surface area contributed by atoms with Crippen LogP contribution in [0.15, 0.2) is 0 Å². The molecule has 1 aromatic rings. The number of nitrogens with one attached hydrogen (secondary N) is 2. The number of H-pyrrole nitrogens is 1. The summed E-state index contributed by atoms with van der Waals surface area (Å²) in [5.41, 5.74) is 0. The van der Waals surface area contributed by atoms with Crippen LogP contribution in [-0.4, -0.2) is 41.8 Å². The van der Waals surface area contributed by atoms with Gasteiger partial charge in [-0.25, -0.2) is 0 Å². The molecule has 0 aliphatic heterocycles. The van der Waals surface area contributed by atoms with Crippen LogP contribution in [0.25, 0.3) is 0 Å². The number of aromatic amines is 1. The maximum absolute atomic E-state index is 4.92. The van der Waals surface area contributed by atoms with Gasteiger partial charge in [0.2, 0.25) is 5.13 Å². The van der Waals surface area contributed by atoms with Crippen molar-refractivity contribution < 1.29 is 0 Å². The Morgan fingerprint density at radius 1 is 1.69 bits per heavy atom. The molecule has 0 aromatic carbocycles. The molecule has 4 nitrogen and oxygen atoms in total. The van der Waals surface area contributed by atoms with E-state index in [9.17, 15) is 0 Å². The molecule has 6 heteroatoms. The van der Waals surface area contributed by atoms with Crippen LogP contribution in [0, 0.1) is 3.95 Å². The number of aromatic nitrogens is 2. The van der Waals surface area contributed by atoms with E-state index >= 15 is 0 Å². The first kappa shape index (κ1) is 10.6. The summed E-state index contributed by atoms with van der Waals surface area (Å²) in [6.07, 6.45) is 0. The van der Waals surface area contributed by atoms with Crippen LogP contribution in [0.1, 0.15) is 6.92 Å². The second-order valence-corrected chi connectivity index (χ2v) is 4.89. The Morgan fingerprint density at radius 2 is 2.38 bits per heavy atom. The van der Waals surface area contributed by atoms with Gasteiger partial charge >= 0.3 is 0 Å². The highest BCUT2D eigenvalue weighted by atomic mass is 32.1. The van der Waals surface area contributed by atoms with E-state index in [-0.39, 0.29) is 0 Å². The van der Waals surface area contributed by atoms with Gasteiger partial charge in [0.05, 0.1) is 0 Å². The average molecular weight is 218 g/mol. The van der Waals surface area contributed by atoms with Crippen LogP contribution >= 0.6 is 23.6 Å². The molecule has 13 heavy (non-hydrogen) atoms. The Labute approximate surface area is 87.0 Å². The summed E-state index contributed by atoms with van der Waals surface area (Å²) in [4.78, 5) is 2.13. The van der Waals surface area contributed by atoms with Gasteiger partial charge < -0.3 is 10.2 Å². The van der Waals surface area contributed by atoms with Gasteiger partial charge in [-0.05, 0) is 33.2 Å². The van der Waals surface area contributed by atoms with Crippen molar-refractivity contribution in [2.24, 2.45) is 0 Å². The summed E-state index contributed by atoms with van der Waals surface area (Å²) in [7, 11) is 4.09. The van der Waals surface area contributed by atoms with Gasteiger partial charge in [-0.15, -0.1) is 5.10 Å². The number of nitrogens with zero attached hydrogens (tertiary/aromatic N) is 2. The zero-order chi connectivity index (χ0) is 9.84. The van der Waals surface area contributed by atoms with Gasteiger partial charge in [0.1, 0.15) is 0 Å². The highest BCUT2D eigenvalue weighted by Crippen LogP contribution is 2.11. The quantitative estimate of drug-likeness (QED) is 0.753. The maximum Gasteiger partial charge on any atom is 0.204 e. The summed E-state index contributed by atoms with van der Waals surface area (Å²) in [5.74, 6) is 0. The first-order chi connectivity index (χ1) is 6.08. The minimum Gasteiger partial charge on any atom is -0.356 e. The van der Waals surface area contributed by atoms with Crippen molar-refractivity contribution in [3.05, 3.63) is 3.95 Å². The third-order valence-corrected chi connectivity index (χ3v) is 2.47. The fraction of sp³-hybridized carbons (Fsp3) is 0.714. The van der Waals surface area contributed by atoms with Gasteiger partial charge in [-0.3, -0.25) is 5.10 Å². The Bertz CT molecular complexity index is 303. The zero-order valence-corrected chi connectivity index (χ0v) is 9.63. The molecule has 74 valence electrons. The molecule has 0 spiro atoms. The van der Waals surface area contributed by atoms with Gasteiger partial charge in [-0.1, -0.05) is 11.3 Å². The Balaban J connectivity index is 2.45. The van der Waals surface area contributed by atoms with Crippen molar-refractivity contribution in [2.45, 2.75) is 13.0 Å². The molecule has 0 aliphatic rings. The van der Waals surface area contributed by atoms with Crippen molar-refractivity contribution in [3.63, 3.8) is 0 Å². The van der Waals surface area contributed by atoms with Gasteiger partial charge in [0.25, 0.3) is 0 Å². The number of rotatable bonds is 4. The fourth-order valence-corrected chi connectivity index (χ4v) is 2.00. The lowest BCUT2D eigenvalue weighted by Crippen LogP contribution is -2.29. The minimum absolute atomic E-state index is 0.379. The molecule has 0 fully saturated rings. The van der Waals surface area contributed by atoms with E-state index in [0.717, 1.165) is 11.7 Å². The molecular weight excluding hydrogens is 204 g/mol.